The van der Waals surface area contributed by atoms with Crippen LogP contribution in [-0.4, -0.2) is 66.1 Å². The summed E-state index contributed by atoms with van der Waals surface area (Å²) in [5, 5.41) is 2.58. The summed E-state index contributed by atoms with van der Waals surface area (Å²) in [5.41, 5.74) is 1.87. The number of imidazole rings is 1. The van der Waals surface area contributed by atoms with E-state index >= 15 is 0 Å². The number of hydrogen-bond acceptors (Lipinski definition) is 5. The number of fused-ring (bicyclic) bond motifs is 1. The third-order valence-corrected chi connectivity index (χ3v) is 5.15. The van der Waals surface area contributed by atoms with Gasteiger partial charge in [-0.3, -0.25) is 18.8 Å². The van der Waals surface area contributed by atoms with Crippen LogP contribution in [0.2, 0.25) is 0 Å². The molecule has 0 saturated carbocycles. The lowest BCUT2D eigenvalue weighted by Crippen LogP contribution is -2.36. The molecule has 2 aromatic rings. The highest BCUT2D eigenvalue weighted by molar-refractivity contribution is 5.84. The van der Waals surface area contributed by atoms with Crippen molar-refractivity contribution in [1.29, 1.82) is 0 Å². The molecule has 0 bridgehead atoms. The van der Waals surface area contributed by atoms with Gasteiger partial charge in [0.15, 0.2) is 0 Å². The Morgan fingerprint density at radius 2 is 2.07 bits per heavy atom. The Balaban J connectivity index is 1.92. The summed E-state index contributed by atoms with van der Waals surface area (Å²) < 4.78 is 8.31. The molecule has 1 N–H and O–H groups in total. The van der Waals surface area contributed by atoms with Gasteiger partial charge in [0, 0.05) is 39.2 Å². The van der Waals surface area contributed by atoms with Gasteiger partial charge >= 0.3 is 5.69 Å². The van der Waals surface area contributed by atoms with E-state index in [1.807, 2.05) is 18.2 Å². The molecule has 1 amide bonds. The molecule has 1 unspecified atom stereocenters. The van der Waals surface area contributed by atoms with Crippen molar-refractivity contribution < 1.29 is 14.3 Å². The number of nitrogens with zero attached hydrogens (tertiary/aromatic N) is 3. The van der Waals surface area contributed by atoms with Crippen molar-refractivity contribution in [3.05, 3.63) is 34.2 Å². The first-order valence-electron chi connectivity index (χ1n) is 9.72. The van der Waals surface area contributed by atoms with E-state index in [0.717, 1.165) is 38.2 Å². The third kappa shape index (κ3) is 4.58. The second-order valence-corrected chi connectivity index (χ2v) is 6.98. The average Bonchev–Trinajstić information content (AvgIpc) is 2.99. The first kappa shape index (κ1) is 20.8. The van der Waals surface area contributed by atoms with E-state index in [4.69, 9.17) is 4.74 Å². The largest absolute Gasteiger partial charge is 0.379 e. The molecule has 1 saturated heterocycles. The topological polar surface area (TPSA) is 85.6 Å². The standard InChI is InChI=1S/C21H26N4O4/c1-22-20(27)18(6-4-12-26)25-17-8-7-16(15-19(17)23(2)21(25)28)5-3-9-24-10-13-29-14-11-24/h7-8,12,15,18H,4,6,9-11,13-14H2,1-2H3,(H,22,27). The van der Waals surface area contributed by atoms with Crippen LogP contribution in [0.25, 0.3) is 11.0 Å². The van der Waals surface area contributed by atoms with Crippen molar-refractivity contribution in [2.45, 2.75) is 18.9 Å². The van der Waals surface area contributed by atoms with Crippen LogP contribution in [0.4, 0.5) is 0 Å². The molecule has 1 aromatic carbocycles. The molecular weight excluding hydrogens is 372 g/mol. The monoisotopic (exact) mass is 398 g/mol. The maximum absolute atomic E-state index is 12.8. The van der Waals surface area contributed by atoms with Crippen molar-refractivity contribution in [2.24, 2.45) is 7.05 Å². The van der Waals surface area contributed by atoms with E-state index in [0.29, 0.717) is 17.6 Å². The lowest BCUT2D eigenvalue weighted by molar-refractivity contribution is -0.124. The number of aromatic nitrogens is 2. The van der Waals surface area contributed by atoms with E-state index < -0.39 is 6.04 Å². The zero-order valence-corrected chi connectivity index (χ0v) is 16.8. The summed E-state index contributed by atoms with van der Waals surface area (Å²) in [6, 6.07) is 4.79. The van der Waals surface area contributed by atoms with Crippen LogP contribution in [0.5, 0.6) is 0 Å². The van der Waals surface area contributed by atoms with Crippen LogP contribution in [0.15, 0.2) is 23.0 Å². The van der Waals surface area contributed by atoms with E-state index in [2.05, 4.69) is 22.1 Å². The van der Waals surface area contributed by atoms with Crippen molar-refractivity contribution >= 4 is 23.2 Å². The lowest BCUT2D eigenvalue weighted by Gasteiger charge is -2.24. The van der Waals surface area contributed by atoms with Gasteiger partial charge in [-0.15, -0.1) is 0 Å². The van der Waals surface area contributed by atoms with E-state index in [1.54, 1.807) is 7.05 Å². The highest BCUT2D eigenvalue weighted by Crippen LogP contribution is 2.21. The summed E-state index contributed by atoms with van der Waals surface area (Å²) in [5.74, 6) is 6.04. The Morgan fingerprint density at radius 1 is 1.31 bits per heavy atom. The Labute approximate surface area is 169 Å². The molecule has 0 aliphatic carbocycles. The molecule has 0 radical (unpaired) electrons. The van der Waals surface area contributed by atoms with E-state index in [-0.39, 0.29) is 24.4 Å². The predicted octanol–water partition coefficient (Wildman–Crippen LogP) is 0.290. The molecule has 29 heavy (non-hydrogen) atoms. The van der Waals surface area contributed by atoms with Crippen LogP contribution in [0, 0.1) is 11.8 Å². The number of benzene rings is 1. The molecular formula is C21H26N4O4. The van der Waals surface area contributed by atoms with Crippen molar-refractivity contribution in [3.63, 3.8) is 0 Å². The minimum absolute atomic E-state index is 0.200. The van der Waals surface area contributed by atoms with E-state index in [1.165, 1.54) is 16.2 Å². The first-order valence-corrected chi connectivity index (χ1v) is 9.72. The van der Waals surface area contributed by atoms with E-state index in [9.17, 15) is 14.4 Å². The van der Waals surface area contributed by atoms with Crippen molar-refractivity contribution in [1.82, 2.24) is 19.4 Å². The number of aryl methyl sites for hydroxylation is 1. The summed E-state index contributed by atoms with van der Waals surface area (Å²) in [7, 11) is 3.20. The highest BCUT2D eigenvalue weighted by Gasteiger charge is 2.24. The maximum Gasteiger partial charge on any atom is 0.329 e. The molecule has 0 spiro atoms. The van der Waals surface area contributed by atoms with Crippen LogP contribution >= 0.6 is 0 Å². The number of hydrogen-bond donors (Lipinski definition) is 1. The molecule has 3 rings (SSSR count). The number of nitrogens with one attached hydrogen (secondary N) is 1. The fraction of sp³-hybridized carbons (Fsp3) is 0.476. The number of rotatable bonds is 6. The number of ether oxygens (including phenoxy) is 1. The molecule has 154 valence electrons. The summed E-state index contributed by atoms with van der Waals surface area (Å²) in [6.45, 7) is 3.91. The molecule has 1 fully saturated rings. The number of morpholine rings is 1. The van der Waals surface area contributed by atoms with Crippen molar-refractivity contribution in [3.8, 4) is 11.8 Å². The summed E-state index contributed by atoms with van der Waals surface area (Å²) in [6.07, 6.45) is 1.23. The van der Waals surface area contributed by atoms with Crippen LogP contribution < -0.4 is 11.0 Å². The van der Waals surface area contributed by atoms with Gasteiger partial charge in [0.1, 0.15) is 12.3 Å². The average molecular weight is 398 g/mol. The Hall–Kier alpha value is -2.89. The lowest BCUT2D eigenvalue weighted by atomic mass is 10.1. The molecule has 1 aliphatic heterocycles. The SMILES string of the molecule is CNC(=O)C(CCC=O)n1c(=O)n(C)c2cc(C#CCN3CCOCC3)ccc21. The Kier molecular flexibility index (Phi) is 6.86. The van der Waals surface area contributed by atoms with Gasteiger partial charge in [-0.05, 0) is 24.6 Å². The fourth-order valence-corrected chi connectivity index (χ4v) is 3.53. The van der Waals surface area contributed by atoms with Crippen molar-refractivity contribution in [2.75, 3.05) is 39.9 Å². The van der Waals surface area contributed by atoms with Gasteiger partial charge in [0.25, 0.3) is 0 Å². The molecule has 1 aromatic heterocycles. The highest BCUT2D eigenvalue weighted by atomic mass is 16.5. The van der Waals surface area contributed by atoms with Crippen LogP contribution in [-0.2, 0) is 21.4 Å². The molecule has 8 heteroatoms. The molecule has 2 heterocycles. The summed E-state index contributed by atoms with van der Waals surface area (Å²) in [4.78, 5) is 38.3. The third-order valence-electron chi connectivity index (χ3n) is 5.15. The van der Waals surface area contributed by atoms with Gasteiger partial charge < -0.3 is 14.8 Å². The number of aldehydes is 1. The molecule has 8 nitrogen and oxygen atoms in total. The van der Waals surface area contributed by atoms with Gasteiger partial charge in [0.05, 0.1) is 30.8 Å². The predicted molar refractivity (Wildman–Crippen MR) is 110 cm³/mol. The fourth-order valence-electron chi connectivity index (χ4n) is 3.53. The molecule has 1 aliphatic rings. The van der Waals surface area contributed by atoms with Gasteiger partial charge in [-0.1, -0.05) is 11.8 Å². The smallest absolute Gasteiger partial charge is 0.329 e. The second-order valence-electron chi connectivity index (χ2n) is 6.98. The Bertz CT molecular complexity index is 1010. The van der Waals surface area contributed by atoms with Gasteiger partial charge in [-0.25, -0.2) is 4.79 Å². The maximum atomic E-state index is 12.8. The minimum Gasteiger partial charge on any atom is -0.379 e. The van der Waals surface area contributed by atoms with Crippen LogP contribution in [0.3, 0.4) is 0 Å². The minimum atomic E-state index is -0.736. The Morgan fingerprint density at radius 3 is 2.76 bits per heavy atom. The zero-order chi connectivity index (χ0) is 20.8. The number of amides is 1. The molecule has 1 atom stereocenters. The quantitative estimate of drug-likeness (QED) is 0.558. The zero-order valence-electron chi connectivity index (χ0n) is 16.8. The normalized spacial score (nSPS) is 15.5. The number of likely N-dealkylation sites (N-methyl/N-ethyl adjacent to an activating group) is 1. The van der Waals surface area contributed by atoms with Gasteiger partial charge in [0.2, 0.25) is 5.91 Å². The van der Waals surface area contributed by atoms with Gasteiger partial charge in [-0.2, -0.15) is 0 Å². The summed E-state index contributed by atoms with van der Waals surface area (Å²) >= 11 is 0. The first-order chi connectivity index (χ1) is 14.1. The number of carbonyl (C=O) groups is 2. The second kappa shape index (κ2) is 9.54. The van der Waals surface area contributed by atoms with Crippen LogP contribution in [0.1, 0.15) is 24.4 Å². The number of carbonyl (C=O) groups excluding carboxylic acids is 2.